The van der Waals surface area contributed by atoms with Crippen LogP contribution in [0.4, 0.5) is 0 Å². The zero-order valence-electron chi connectivity index (χ0n) is 13.0. The predicted molar refractivity (Wildman–Crippen MR) is 79.8 cm³/mol. The van der Waals surface area contributed by atoms with E-state index in [9.17, 15) is 0 Å². The fourth-order valence-electron chi connectivity index (χ4n) is 3.35. The summed E-state index contributed by atoms with van der Waals surface area (Å²) in [6.45, 7) is 12.3. The molecule has 0 saturated carbocycles. The minimum Gasteiger partial charge on any atom is -0.327 e. The first kappa shape index (κ1) is 15.9. The van der Waals surface area contributed by atoms with Gasteiger partial charge in [-0.3, -0.25) is 0 Å². The van der Waals surface area contributed by atoms with E-state index in [4.69, 9.17) is 5.73 Å². The first-order chi connectivity index (χ1) is 8.24. The normalized spacial score (nSPS) is 25.0. The van der Waals surface area contributed by atoms with Gasteiger partial charge in [-0.05, 0) is 47.0 Å². The van der Waals surface area contributed by atoms with Gasteiger partial charge in [-0.25, -0.2) is 0 Å². The fraction of sp³-hybridized carbons (Fsp3) is 1.00. The molecular formula is C15H33N3. The third-order valence-corrected chi connectivity index (χ3v) is 3.79. The SMILES string of the molecule is CCCCC(N)CNC1CC(C)(C)NC(C)(C)C1. The van der Waals surface area contributed by atoms with Gasteiger partial charge in [0, 0.05) is 29.7 Å². The van der Waals surface area contributed by atoms with Crippen LogP contribution in [0.15, 0.2) is 0 Å². The highest BCUT2D eigenvalue weighted by molar-refractivity contribution is 4.99. The van der Waals surface area contributed by atoms with Gasteiger partial charge in [0.2, 0.25) is 0 Å². The van der Waals surface area contributed by atoms with E-state index in [0.29, 0.717) is 12.1 Å². The lowest BCUT2D eigenvalue weighted by molar-refractivity contribution is 0.145. The smallest absolute Gasteiger partial charge is 0.0165 e. The molecule has 1 aliphatic rings. The van der Waals surface area contributed by atoms with Crippen molar-refractivity contribution in [3.8, 4) is 0 Å². The molecule has 0 spiro atoms. The maximum atomic E-state index is 6.13. The van der Waals surface area contributed by atoms with E-state index in [-0.39, 0.29) is 11.1 Å². The summed E-state index contributed by atoms with van der Waals surface area (Å²) in [5.74, 6) is 0. The summed E-state index contributed by atoms with van der Waals surface area (Å²) in [6.07, 6.45) is 5.97. The molecule has 1 fully saturated rings. The molecule has 108 valence electrons. The summed E-state index contributed by atoms with van der Waals surface area (Å²) in [5, 5.41) is 7.39. The second-order valence-electron chi connectivity index (χ2n) is 7.31. The van der Waals surface area contributed by atoms with Crippen molar-refractivity contribution in [3.63, 3.8) is 0 Å². The Morgan fingerprint density at radius 2 is 1.78 bits per heavy atom. The van der Waals surface area contributed by atoms with Gasteiger partial charge in [0.1, 0.15) is 0 Å². The van der Waals surface area contributed by atoms with Crippen molar-refractivity contribution in [1.29, 1.82) is 0 Å². The Kier molecular flexibility index (Phi) is 5.63. The van der Waals surface area contributed by atoms with E-state index < -0.39 is 0 Å². The standard InChI is InChI=1S/C15H33N3/c1-6-7-8-12(16)11-17-13-9-14(2,3)18-15(4,5)10-13/h12-13,17-18H,6-11,16H2,1-5H3. The van der Waals surface area contributed by atoms with Crippen LogP contribution >= 0.6 is 0 Å². The number of piperidine rings is 1. The van der Waals surface area contributed by atoms with Gasteiger partial charge in [-0.2, -0.15) is 0 Å². The quantitative estimate of drug-likeness (QED) is 0.683. The van der Waals surface area contributed by atoms with Gasteiger partial charge in [0.25, 0.3) is 0 Å². The lowest BCUT2D eigenvalue weighted by Gasteiger charge is -2.47. The van der Waals surface area contributed by atoms with Crippen molar-refractivity contribution in [1.82, 2.24) is 10.6 Å². The molecule has 0 bridgehead atoms. The van der Waals surface area contributed by atoms with Crippen LogP contribution in [0, 0.1) is 0 Å². The fourth-order valence-corrected chi connectivity index (χ4v) is 3.35. The second-order valence-corrected chi connectivity index (χ2v) is 7.31. The van der Waals surface area contributed by atoms with Gasteiger partial charge < -0.3 is 16.4 Å². The third-order valence-electron chi connectivity index (χ3n) is 3.79. The highest BCUT2D eigenvalue weighted by Crippen LogP contribution is 2.28. The van der Waals surface area contributed by atoms with Gasteiger partial charge in [-0.1, -0.05) is 19.8 Å². The molecule has 18 heavy (non-hydrogen) atoms. The summed E-state index contributed by atoms with van der Waals surface area (Å²) >= 11 is 0. The van der Waals surface area contributed by atoms with Crippen LogP contribution in [0.5, 0.6) is 0 Å². The zero-order chi connectivity index (χ0) is 13.8. The van der Waals surface area contributed by atoms with Crippen LogP contribution in [0.1, 0.15) is 66.7 Å². The Bertz CT molecular complexity index is 232. The molecule has 0 aromatic heterocycles. The summed E-state index contributed by atoms with van der Waals surface area (Å²) < 4.78 is 0. The van der Waals surface area contributed by atoms with Crippen LogP contribution in [-0.4, -0.2) is 29.7 Å². The molecule has 1 atom stereocenters. The monoisotopic (exact) mass is 255 g/mol. The van der Waals surface area contributed by atoms with Gasteiger partial charge in [-0.15, -0.1) is 0 Å². The largest absolute Gasteiger partial charge is 0.327 e. The third kappa shape index (κ3) is 5.68. The molecule has 1 unspecified atom stereocenters. The van der Waals surface area contributed by atoms with Crippen molar-refractivity contribution < 1.29 is 0 Å². The first-order valence-corrected chi connectivity index (χ1v) is 7.52. The topological polar surface area (TPSA) is 50.1 Å². The maximum absolute atomic E-state index is 6.13. The highest BCUT2D eigenvalue weighted by Gasteiger charge is 2.37. The van der Waals surface area contributed by atoms with Gasteiger partial charge >= 0.3 is 0 Å². The van der Waals surface area contributed by atoms with Gasteiger partial charge in [0.05, 0.1) is 0 Å². The molecular weight excluding hydrogens is 222 g/mol. The van der Waals surface area contributed by atoms with E-state index >= 15 is 0 Å². The molecule has 3 nitrogen and oxygen atoms in total. The van der Waals surface area contributed by atoms with Crippen molar-refractivity contribution >= 4 is 0 Å². The number of hydrogen-bond donors (Lipinski definition) is 3. The molecule has 1 saturated heterocycles. The molecule has 1 heterocycles. The van der Waals surface area contributed by atoms with Crippen molar-refractivity contribution in [2.75, 3.05) is 6.54 Å². The van der Waals surface area contributed by atoms with E-state index in [1.807, 2.05) is 0 Å². The number of nitrogens with one attached hydrogen (secondary N) is 2. The number of unbranched alkanes of at least 4 members (excludes halogenated alkanes) is 1. The summed E-state index contributed by atoms with van der Waals surface area (Å²) in [7, 11) is 0. The van der Waals surface area contributed by atoms with E-state index in [2.05, 4.69) is 45.3 Å². The van der Waals surface area contributed by atoms with Gasteiger partial charge in [0.15, 0.2) is 0 Å². The van der Waals surface area contributed by atoms with Crippen LogP contribution in [0.3, 0.4) is 0 Å². The van der Waals surface area contributed by atoms with Crippen LogP contribution in [0.2, 0.25) is 0 Å². The minimum absolute atomic E-state index is 0.215. The highest BCUT2D eigenvalue weighted by atomic mass is 15.1. The lowest BCUT2D eigenvalue weighted by atomic mass is 9.79. The Morgan fingerprint density at radius 1 is 1.22 bits per heavy atom. The molecule has 1 rings (SSSR count). The zero-order valence-corrected chi connectivity index (χ0v) is 13.0. The van der Waals surface area contributed by atoms with Crippen molar-refractivity contribution in [2.24, 2.45) is 5.73 Å². The minimum atomic E-state index is 0.215. The lowest BCUT2D eigenvalue weighted by Crippen LogP contribution is -2.62. The number of rotatable bonds is 6. The second kappa shape index (κ2) is 6.36. The summed E-state index contributed by atoms with van der Waals surface area (Å²) in [6, 6.07) is 0.898. The maximum Gasteiger partial charge on any atom is 0.0165 e. The molecule has 3 heteroatoms. The van der Waals surface area contributed by atoms with Crippen LogP contribution in [-0.2, 0) is 0 Å². The van der Waals surface area contributed by atoms with Crippen LogP contribution in [0.25, 0.3) is 0 Å². The van der Waals surface area contributed by atoms with Crippen molar-refractivity contribution in [2.45, 2.75) is 89.9 Å². The first-order valence-electron chi connectivity index (χ1n) is 7.52. The molecule has 1 aliphatic heterocycles. The Labute approximate surface area is 113 Å². The molecule has 0 radical (unpaired) electrons. The summed E-state index contributed by atoms with van der Waals surface area (Å²) in [4.78, 5) is 0. The van der Waals surface area contributed by atoms with E-state index in [1.54, 1.807) is 0 Å². The van der Waals surface area contributed by atoms with Crippen LogP contribution < -0.4 is 16.4 Å². The Morgan fingerprint density at radius 3 is 2.28 bits per heavy atom. The molecule has 0 aromatic rings. The summed E-state index contributed by atoms with van der Waals surface area (Å²) in [5.41, 5.74) is 6.56. The average molecular weight is 255 g/mol. The molecule has 0 amide bonds. The molecule has 0 aromatic carbocycles. The Hall–Kier alpha value is -0.120. The average Bonchev–Trinajstić information content (AvgIpc) is 2.19. The molecule has 0 aliphatic carbocycles. The van der Waals surface area contributed by atoms with Crippen molar-refractivity contribution in [3.05, 3.63) is 0 Å². The number of nitrogens with two attached hydrogens (primary N) is 1. The van der Waals surface area contributed by atoms with E-state index in [1.165, 1.54) is 25.7 Å². The predicted octanol–water partition coefficient (Wildman–Crippen LogP) is 2.40. The number of hydrogen-bond acceptors (Lipinski definition) is 3. The molecule has 4 N–H and O–H groups in total. The Balaban J connectivity index is 2.37. The van der Waals surface area contributed by atoms with E-state index in [0.717, 1.165) is 13.0 Å².